The minimum atomic E-state index is -0.379. The van der Waals surface area contributed by atoms with Crippen molar-refractivity contribution in [2.24, 2.45) is 5.73 Å². The summed E-state index contributed by atoms with van der Waals surface area (Å²) >= 11 is 0. The number of fused-ring (bicyclic) bond motifs is 1. The van der Waals surface area contributed by atoms with Crippen LogP contribution in [-0.2, 0) is 0 Å². The molecule has 0 saturated carbocycles. The third-order valence-electron chi connectivity index (χ3n) is 2.33. The Morgan fingerprint density at radius 2 is 1.74 bits per heavy atom. The van der Waals surface area contributed by atoms with Gasteiger partial charge < -0.3 is 5.73 Å². The zero-order valence-electron chi connectivity index (χ0n) is 10.1. The molecule has 5 nitrogen and oxygen atoms in total. The molecule has 0 aliphatic heterocycles. The van der Waals surface area contributed by atoms with Crippen LogP contribution in [0.1, 0.15) is 10.4 Å². The van der Waals surface area contributed by atoms with E-state index in [1.54, 1.807) is 36.7 Å². The smallest absolute Gasteiger partial charge is 0.248 e. The minimum absolute atomic E-state index is 0.379. The highest BCUT2D eigenvalue weighted by Gasteiger charge is 1.93. The summed E-state index contributed by atoms with van der Waals surface area (Å²) in [5.74, 6) is -0.379. The molecule has 0 radical (unpaired) electrons. The molecule has 0 aliphatic carbocycles. The van der Waals surface area contributed by atoms with E-state index in [0.29, 0.717) is 5.56 Å². The van der Waals surface area contributed by atoms with Crippen LogP contribution in [0, 0.1) is 0 Å². The molecule has 2 heterocycles. The number of pyridine rings is 1. The standard InChI is InChI=1S/C7H5N3.C7H7NO/c1-2-6-7(9-3-1)4-8-5-10-6;8-7(9)6-4-2-1-3-5-6/h1-5H;1-5H,(H2,8,9). The SMILES string of the molecule is NC(=O)c1ccccc1.c1cnc2cncnc2c1. The third kappa shape index (κ3) is 3.57. The summed E-state index contributed by atoms with van der Waals surface area (Å²) in [5.41, 5.74) is 7.25. The molecule has 0 bridgehead atoms. The average molecular weight is 252 g/mol. The first kappa shape index (κ1) is 12.6. The van der Waals surface area contributed by atoms with Gasteiger partial charge in [-0.1, -0.05) is 18.2 Å². The van der Waals surface area contributed by atoms with Gasteiger partial charge in [-0.3, -0.25) is 9.78 Å². The van der Waals surface area contributed by atoms with Crippen LogP contribution in [0.3, 0.4) is 0 Å². The molecule has 3 rings (SSSR count). The van der Waals surface area contributed by atoms with Crippen molar-refractivity contribution in [3.05, 3.63) is 66.7 Å². The molecule has 19 heavy (non-hydrogen) atoms. The quantitative estimate of drug-likeness (QED) is 0.716. The topological polar surface area (TPSA) is 81.8 Å². The number of rotatable bonds is 1. The predicted molar refractivity (Wildman–Crippen MR) is 72.3 cm³/mol. The van der Waals surface area contributed by atoms with Gasteiger partial charge in [0.05, 0.1) is 11.7 Å². The number of nitrogens with zero attached hydrogens (tertiary/aromatic N) is 3. The van der Waals surface area contributed by atoms with Crippen LogP contribution >= 0.6 is 0 Å². The molecule has 2 aromatic heterocycles. The zero-order chi connectivity index (χ0) is 13.5. The minimum Gasteiger partial charge on any atom is -0.366 e. The first-order chi connectivity index (χ1) is 9.27. The molecule has 5 heteroatoms. The molecule has 3 aromatic rings. The number of primary amides is 1. The van der Waals surface area contributed by atoms with Crippen LogP contribution in [0.5, 0.6) is 0 Å². The zero-order valence-corrected chi connectivity index (χ0v) is 10.1. The second-order valence-corrected chi connectivity index (χ2v) is 3.66. The van der Waals surface area contributed by atoms with Gasteiger partial charge in [-0.2, -0.15) is 0 Å². The molecule has 0 saturated heterocycles. The van der Waals surface area contributed by atoms with E-state index in [9.17, 15) is 4.79 Å². The normalized spacial score (nSPS) is 9.47. The van der Waals surface area contributed by atoms with Crippen molar-refractivity contribution in [2.45, 2.75) is 0 Å². The van der Waals surface area contributed by atoms with E-state index in [1.165, 1.54) is 6.33 Å². The second kappa shape index (κ2) is 6.20. The van der Waals surface area contributed by atoms with Crippen molar-refractivity contribution in [1.29, 1.82) is 0 Å². The van der Waals surface area contributed by atoms with Gasteiger partial charge in [0.25, 0.3) is 0 Å². The Kier molecular flexibility index (Phi) is 4.12. The number of carbonyl (C=O) groups excluding carboxylic acids is 1. The number of aromatic nitrogens is 3. The number of hydrogen-bond acceptors (Lipinski definition) is 4. The molecule has 0 atom stereocenters. The average Bonchev–Trinajstić information content (AvgIpc) is 2.49. The van der Waals surface area contributed by atoms with E-state index in [-0.39, 0.29) is 5.91 Å². The van der Waals surface area contributed by atoms with Gasteiger partial charge in [0.1, 0.15) is 11.8 Å². The molecule has 0 aliphatic rings. The summed E-state index contributed by atoms with van der Waals surface area (Å²) in [4.78, 5) is 22.3. The van der Waals surface area contributed by atoms with Crippen molar-refractivity contribution in [1.82, 2.24) is 15.0 Å². The summed E-state index contributed by atoms with van der Waals surface area (Å²) < 4.78 is 0. The number of amides is 1. The molecule has 94 valence electrons. The van der Waals surface area contributed by atoms with E-state index in [0.717, 1.165) is 11.0 Å². The summed E-state index contributed by atoms with van der Waals surface area (Å²) in [6, 6.07) is 12.5. The second-order valence-electron chi connectivity index (χ2n) is 3.66. The molecule has 1 aromatic carbocycles. The summed E-state index contributed by atoms with van der Waals surface area (Å²) in [6.45, 7) is 0. The maximum atomic E-state index is 10.4. The maximum absolute atomic E-state index is 10.4. The Balaban J connectivity index is 0.000000141. The summed E-state index contributed by atoms with van der Waals surface area (Å²) in [5, 5.41) is 0. The highest BCUT2D eigenvalue weighted by molar-refractivity contribution is 5.92. The third-order valence-corrected chi connectivity index (χ3v) is 2.33. The number of benzene rings is 1. The lowest BCUT2D eigenvalue weighted by Gasteiger charge is -1.89. The molecule has 0 spiro atoms. The molecule has 0 fully saturated rings. The lowest BCUT2D eigenvalue weighted by molar-refractivity contribution is 0.100. The molecule has 2 N–H and O–H groups in total. The Hall–Kier alpha value is -2.82. The van der Waals surface area contributed by atoms with Gasteiger partial charge in [0.2, 0.25) is 5.91 Å². The fourth-order valence-corrected chi connectivity index (χ4v) is 1.42. The number of carbonyl (C=O) groups is 1. The largest absolute Gasteiger partial charge is 0.366 e. The molecular formula is C14H12N4O. The van der Waals surface area contributed by atoms with Crippen LogP contribution in [0.25, 0.3) is 11.0 Å². The highest BCUT2D eigenvalue weighted by Crippen LogP contribution is 2.02. The van der Waals surface area contributed by atoms with Gasteiger partial charge in [-0.05, 0) is 24.3 Å². The van der Waals surface area contributed by atoms with E-state index in [1.807, 2.05) is 18.2 Å². The molecular weight excluding hydrogens is 240 g/mol. The van der Waals surface area contributed by atoms with Crippen LogP contribution in [0.4, 0.5) is 0 Å². The monoisotopic (exact) mass is 252 g/mol. The Labute approximate surface area is 110 Å². The fraction of sp³-hybridized carbons (Fsp3) is 0. The highest BCUT2D eigenvalue weighted by atomic mass is 16.1. The van der Waals surface area contributed by atoms with Gasteiger partial charge in [-0.15, -0.1) is 0 Å². The predicted octanol–water partition coefficient (Wildman–Crippen LogP) is 1.81. The molecule has 0 unspecified atom stereocenters. The van der Waals surface area contributed by atoms with Crippen LogP contribution in [0.15, 0.2) is 61.2 Å². The maximum Gasteiger partial charge on any atom is 0.248 e. The van der Waals surface area contributed by atoms with Crippen molar-refractivity contribution >= 4 is 16.9 Å². The number of hydrogen-bond donors (Lipinski definition) is 1. The van der Waals surface area contributed by atoms with Gasteiger partial charge in [-0.25, -0.2) is 9.97 Å². The summed E-state index contributed by atoms with van der Waals surface area (Å²) in [6.07, 6.45) is 4.94. The summed E-state index contributed by atoms with van der Waals surface area (Å²) in [7, 11) is 0. The van der Waals surface area contributed by atoms with Gasteiger partial charge >= 0.3 is 0 Å². The van der Waals surface area contributed by atoms with Crippen molar-refractivity contribution in [3.63, 3.8) is 0 Å². The van der Waals surface area contributed by atoms with E-state index in [2.05, 4.69) is 15.0 Å². The first-order valence-electron chi connectivity index (χ1n) is 5.63. The van der Waals surface area contributed by atoms with Crippen molar-refractivity contribution < 1.29 is 4.79 Å². The Morgan fingerprint density at radius 1 is 0.947 bits per heavy atom. The van der Waals surface area contributed by atoms with Crippen molar-refractivity contribution in [2.75, 3.05) is 0 Å². The van der Waals surface area contributed by atoms with Crippen LogP contribution in [-0.4, -0.2) is 20.9 Å². The van der Waals surface area contributed by atoms with E-state index in [4.69, 9.17) is 5.73 Å². The van der Waals surface area contributed by atoms with E-state index < -0.39 is 0 Å². The molecule has 1 amide bonds. The first-order valence-corrected chi connectivity index (χ1v) is 5.63. The lowest BCUT2D eigenvalue weighted by atomic mass is 10.2. The van der Waals surface area contributed by atoms with Crippen molar-refractivity contribution in [3.8, 4) is 0 Å². The van der Waals surface area contributed by atoms with Gasteiger partial charge in [0, 0.05) is 11.8 Å². The Morgan fingerprint density at radius 3 is 2.37 bits per heavy atom. The van der Waals surface area contributed by atoms with Crippen LogP contribution in [0.2, 0.25) is 0 Å². The number of nitrogens with two attached hydrogens (primary N) is 1. The Bertz CT molecular complexity index is 605. The fourth-order valence-electron chi connectivity index (χ4n) is 1.42. The lowest BCUT2D eigenvalue weighted by Crippen LogP contribution is -2.09. The van der Waals surface area contributed by atoms with Gasteiger partial charge in [0.15, 0.2) is 0 Å². The van der Waals surface area contributed by atoms with Crippen LogP contribution < -0.4 is 5.73 Å². The van der Waals surface area contributed by atoms with E-state index >= 15 is 0 Å².